The molecule has 40 heavy (non-hydrogen) atoms. The molecule has 0 aliphatic rings. The van der Waals surface area contributed by atoms with E-state index in [1.165, 1.54) is 18.2 Å². The van der Waals surface area contributed by atoms with Gasteiger partial charge in [0.25, 0.3) is 5.91 Å². The van der Waals surface area contributed by atoms with E-state index in [0.29, 0.717) is 28.3 Å². The van der Waals surface area contributed by atoms with E-state index in [4.69, 9.17) is 15.9 Å². The highest BCUT2D eigenvalue weighted by Crippen LogP contribution is 2.30. The molecule has 0 radical (unpaired) electrons. The highest BCUT2D eigenvalue weighted by molar-refractivity contribution is 6.06. The predicted octanol–water partition coefficient (Wildman–Crippen LogP) is 5.56. The van der Waals surface area contributed by atoms with Gasteiger partial charge in [-0.3, -0.25) is 4.79 Å². The Hall–Kier alpha value is -5.23. The lowest BCUT2D eigenvalue weighted by Crippen LogP contribution is -2.17. The normalized spacial score (nSPS) is 10.7. The zero-order chi connectivity index (χ0) is 28.8. The molecule has 2 N–H and O–H groups in total. The summed E-state index contributed by atoms with van der Waals surface area (Å²) in [7, 11) is 0. The van der Waals surface area contributed by atoms with Crippen LogP contribution in [-0.4, -0.2) is 46.1 Å². The molecule has 0 aliphatic heterocycles. The number of amides is 1. The second-order valence-electron chi connectivity index (χ2n) is 9.12. The van der Waals surface area contributed by atoms with Crippen LogP contribution in [0, 0.1) is 12.3 Å². The molecule has 4 aromatic rings. The molecule has 9 heteroatoms. The predicted molar refractivity (Wildman–Crippen MR) is 151 cm³/mol. The van der Waals surface area contributed by atoms with Crippen LogP contribution in [0.1, 0.15) is 63.6 Å². The maximum Gasteiger partial charge on any atom is 0.338 e. The number of nitrogens with one attached hydrogen (secondary N) is 1. The molecule has 3 aromatic carbocycles. The number of fused-ring (bicyclic) bond motifs is 1. The summed E-state index contributed by atoms with van der Waals surface area (Å²) in [6, 6.07) is 16.8. The van der Waals surface area contributed by atoms with E-state index in [2.05, 4.69) is 35.1 Å². The molecule has 9 nitrogen and oxygen atoms in total. The van der Waals surface area contributed by atoms with Crippen LogP contribution in [0.3, 0.4) is 0 Å². The molecule has 0 bridgehead atoms. The summed E-state index contributed by atoms with van der Waals surface area (Å²) in [6.45, 7) is 6.03. The molecule has 1 aromatic heterocycles. The Bertz CT molecular complexity index is 1640. The summed E-state index contributed by atoms with van der Waals surface area (Å²) >= 11 is 0. The molecular weight excluding hydrogens is 510 g/mol. The van der Waals surface area contributed by atoms with E-state index < -0.39 is 17.8 Å². The molecule has 0 unspecified atom stereocenters. The number of esters is 1. The van der Waals surface area contributed by atoms with Gasteiger partial charge in [0.05, 0.1) is 28.9 Å². The van der Waals surface area contributed by atoms with Crippen molar-refractivity contribution in [3.05, 3.63) is 83.2 Å². The van der Waals surface area contributed by atoms with Crippen LogP contribution < -0.4 is 10.1 Å². The van der Waals surface area contributed by atoms with E-state index in [-0.39, 0.29) is 35.9 Å². The fourth-order valence-electron chi connectivity index (χ4n) is 4.01. The van der Waals surface area contributed by atoms with Gasteiger partial charge < -0.3 is 19.9 Å². The van der Waals surface area contributed by atoms with Crippen molar-refractivity contribution < 1.29 is 29.0 Å². The first kappa shape index (κ1) is 27.8. The summed E-state index contributed by atoms with van der Waals surface area (Å²) in [5.41, 5.74) is 2.78. The van der Waals surface area contributed by atoms with Crippen molar-refractivity contribution in [1.29, 1.82) is 0 Å². The van der Waals surface area contributed by atoms with Gasteiger partial charge in [-0.2, -0.15) is 0 Å². The minimum atomic E-state index is -1.27. The van der Waals surface area contributed by atoms with Gasteiger partial charge >= 0.3 is 11.9 Å². The van der Waals surface area contributed by atoms with Gasteiger partial charge in [0, 0.05) is 16.6 Å². The van der Waals surface area contributed by atoms with Crippen LogP contribution in [0.2, 0.25) is 0 Å². The fourth-order valence-corrected chi connectivity index (χ4v) is 4.01. The minimum Gasteiger partial charge on any atom is -0.481 e. The highest BCUT2D eigenvalue weighted by Gasteiger charge is 2.19. The van der Waals surface area contributed by atoms with Gasteiger partial charge in [-0.15, -0.1) is 6.42 Å². The van der Waals surface area contributed by atoms with Gasteiger partial charge in [-0.05, 0) is 54.8 Å². The van der Waals surface area contributed by atoms with Crippen molar-refractivity contribution in [2.75, 3.05) is 18.5 Å². The second-order valence-corrected chi connectivity index (χ2v) is 9.12. The number of ether oxygens (including phenoxy) is 2. The average molecular weight is 538 g/mol. The summed E-state index contributed by atoms with van der Waals surface area (Å²) in [5, 5.41) is 12.8. The Morgan fingerprint density at radius 3 is 2.38 bits per heavy atom. The maximum absolute atomic E-state index is 13.3. The third kappa shape index (κ3) is 6.25. The van der Waals surface area contributed by atoms with Gasteiger partial charge in [-0.25, -0.2) is 19.6 Å². The number of carbonyl (C=O) groups excluding carboxylic acids is 2. The molecule has 0 saturated heterocycles. The van der Waals surface area contributed by atoms with Crippen LogP contribution >= 0.6 is 0 Å². The SMILES string of the molecule is C#CCOc1ccc2nc(C(=O)Nc3cc(C(=O)O)cc(C(=O)OCC)c3)nc(-c3ccc(C(C)C)cc3)c2c1. The van der Waals surface area contributed by atoms with Gasteiger partial charge in [-0.1, -0.05) is 44.0 Å². The Kier molecular flexibility index (Phi) is 8.40. The van der Waals surface area contributed by atoms with E-state index >= 15 is 0 Å². The van der Waals surface area contributed by atoms with E-state index in [1.54, 1.807) is 25.1 Å². The molecule has 0 aliphatic carbocycles. The van der Waals surface area contributed by atoms with Crippen LogP contribution in [0.5, 0.6) is 5.75 Å². The van der Waals surface area contributed by atoms with Gasteiger partial charge in [0.2, 0.25) is 5.82 Å². The number of carbonyl (C=O) groups is 3. The number of anilines is 1. The van der Waals surface area contributed by atoms with E-state index in [0.717, 1.165) is 11.1 Å². The number of rotatable bonds is 9. The number of hydrogen-bond donors (Lipinski definition) is 2. The van der Waals surface area contributed by atoms with Gasteiger partial charge in [0.1, 0.15) is 12.4 Å². The van der Waals surface area contributed by atoms with Crippen LogP contribution in [0.4, 0.5) is 5.69 Å². The number of carboxylic acids is 1. The molecular formula is C31H27N3O6. The van der Waals surface area contributed by atoms with Crippen LogP contribution in [0.25, 0.3) is 22.2 Å². The summed E-state index contributed by atoms with van der Waals surface area (Å²) < 4.78 is 10.6. The van der Waals surface area contributed by atoms with Crippen molar-refractivity contribution in [2.24, 2.45) is 0 Å². The monoisotopic (exact) mass is 537 g/mol. The standard InChI is InChI=1S/C31H27N3O6/c1-5-13-40-24-11-12-26-25(17-24)27(20-9-7-19(8-10-20)18(3)4)34-28(33-26)29(35)32-23-15-21(30(36)37)14-22(16-23)31(38)39-6-2/h1,7-12,14-18H,6,13H2,2-4H3,(H,32,35)(H,36,37). The third-order valence-corrected chi connectivity index (χ3v) is 5.99. The number of hydrogen-bond acceptors (Lipinski definition) is 7. The first-order valence-electron chi connectivity index (χ1n) is 12.6. The molecule has 4 rings (SSSR count). The number of benzene rings is 3. The number of aromatic nitrogens is 2. The minimum absolute atomic E-state index is 0.0121. The van der Waals surface area contributed by atoms with Crippen molar-refractivity contribution in [3.63, 3.8) is 0 Å². The number of carboxylic acid groups (broad SMARTS) is 1. The Morgan fingerprint density at radius 1 is 1.00 bits per heavy atom. The molecule has 1 heterocycles. The summed E-state index contributed by atoms with van der Waals surface area (Å²) in [5.74, 6) is 0.487. The second kappa shape index (κ2) is 12.1. The molecule has 0 spiro atoms. The lowest BCUT2D eigenvalue weighted by molar-refractivity contribution is 0.0526. The smallest absolute Gasteiger partial charge is 0.338 e. The zero-order valence-electron chi connectivity index (χ0n) is 22.2. The largest absolute Gasteiger partial charge is 0.481 e. The zero-order valence-corrected chi connectivity index (χ0v) is 22.2. The summed E-state index contributed by atoms with van der Waals surface area (Å²) in [4.78, 5) is 46.3. The van der Waals surface area contributed by atoms with Crippen molar-refractivity contribution >= 4 is 34.4 Å². The maximum atomic E-state index is 13.3. The molecule has 202 valence electrons. The molecule has 0 atom stereocenters. The van der Waals surface area contributed by atoms with Crippen molar-refractivity contribution in [1.82, 2.24) is 9.97 Å². The van der Waals surface area contributed by atoms with Crippen molar-refractivity contribution in [2.45, 2.75) is 26.7 Å². The molecule has 0 saturated carbocycles. The lowest BCUT2D eigenvalue weighted by Gasteiger charge is -2.13. The first-order valence-corrected chi connectivity index (χ1v) is 12.6. The van der Waals surface area contributed by atoms with Crippen LogP contribution in [-0.2, 0) is 4.74 Å². The Labute approximate surface area is 231 Å². The quantitative estimate of drug-likeness (QED) is 0.210. The Morgan fingerprint density at radius 2 is 1.73 bits per heavy atom. The lowest BCUT2D eigenvalue weighted by atomic mass is 9.99. The first-order chi connectivity index (χ1) is 19.2. The molecule has 0 fully saturated rings. The molecule has 1 amide bonds. The number of nitrogens with zero attached hydrogens (tertiary/aromatic N) is 2. The topological polar surface area (TPSA) is 128 Å². The Balaban J connectivity index is 1.78. The number of terminal acetylenes is 1. The third-order valence-electron chi connectivity index (χ3n) is 5.99. The van der Waals surface area contributed by atoms with Gasteiger partial charge in [0.15, 0.2) is 0 Å². The van der Waals surface area contributed by atoms with Crippen molar-refractivity contribution in [3.8, 4) is 29.4 Å². The fraction of sp³-hybridized carbons (Fsp3) is 0.194. The van der Waals surface area contributed by atoms with E-state index in [1.807, 2.05) is 24.3 Å². The average Bonchev–Trinajstić information content (AvgIpc) is 2.95. The van der Waals surface area contributed by atoms with Crippen LogP contribution in [0.15, 0.2) is 60.7 Å². The highest BCUT2D eigenvalue weighted by atomic mass is 16.5. The number of aromatic carboxylic acids is 1. The summed E-state index contributed by atoms with van der Waals surface area (Å²) in [6.07, 6.45) is 5.33. The van der Waals surface area contributed by atoms with E-state index in [9.17, 15) is 19.5 Å².